The number of nitrogens with zero attached hydrogens (tertiary/aromatic N) is 1. The first-order valence-electron chi connectivity index (χ1n) is 7.33. The van der Waals surface area contributed by atoms with E-state index in [1.807, 2.05) is 12.1 Å². The zero-order valence-electron chi connectivity index (χ0n) is 12.4. The summed E-state index contributed by atoms with van der Waals surface area (Å²) in [5.74, 6) is 1.65. The lowest BCUT2D eigenvalue weighted by atomic mass is 10.1. The number of benzene rings is 2. The van der Waals surface area contributed by atoms with Crippen molar-refractivity contribution in [3.8, 4) is 22.8 Å². The van der Waals surface area contributed by atoms with E-state index in [4.69, 9.17) is 9.47 Å². The maximum absolute atomic E-state index is 5.46. The average molecular weight is 290 g/mol. The molecule has 1 aliphatic heterocycles. The van der Waals surface area contributed by atoms with Gasteiger partial charge in [0.05, 0.1) is 0 Å². The molecule has 4 rings (SSSR count). The molecule has 3 aromatic rings. The van der Waals surface area contributed by atoms with Crippen molar-refractivity contribution < 1.29 is 9.47 Å². The first-order valence-corrected chi connectivity index (χ1v) is 7.33. The molecule has 0 saturated carbocycles. The van der Waals surface area contributed by atoms with Crippen LogP contribution >= 0.6 is 0 Å². The number of aryl methyl sites for hydroxylation is 1. The minimum atomic E-state index is 0.310. The molecule has 0 N–H and O–H groups in total. The van der Waals surface area contributed by atoms with Gasteiger partial charge in [-0.1, -0.05) is 36.4 Å². The molecule has 1 radical (unpaired) electrons. The maximum atomic E-state index is 5.46. The van der Waals surface area contributed by atoms with E-state index >= 15 is 0 Å². The van der Waals surface area contributed by atoms with Gasteiger partial charge in [-0.2, -0.15) is 0 Å². The van der Waals surface area contributed by atoms with Crippen molar-refractivity contribution in [3.63, 3.8) is 0 Å². The van der Waals surface area contributed by atoms with Gasteiger partial charge < -0.3 is 14.0 Å². The van der Waals surface area contributed by atoms with Crippen molar-refractivity contribution in [2.45, 2.75) is 13.5 Å². The Balaban J connectivity index is 1.70. The van der Waals surface area contributed by atoms with Gasteiger partial charge in [0.2, 0.25) is 6.79 Å². The fraction of sp³-hybridized carbons (Fsp3) is 0.158. The lowest BCUT2D eigenvalue weighted by Crippen LogP contribution is -2.03. The Labute approximate surface area is 129 Å². The van der Waals surface area contributed by atoms with Gasteiger partial charge in [0.25, 0.3) is 0 Å². The minimum Gasteiger partial charge on any atom is -0.454 e. The second kappa shape index (κ2) is 5.26. The molecule has 1 aliphatic rings. The minimum absolute atomic E-state index is 0.310. The molecule has 0 bridgehead atoms. The summed E-state index contributed by atoms with van der Waals surface area (Å²) < 4.78 is 13.1. The Morgan fingerprint density at radius 2 is 1.86 bits per heavy atom. The van der Waals surface area contributed by atoms with E-state index in [0.717, 1.165) is 23.7 Å². The first kappa shape index (κ1) is 13.0. The smallest absolute Gasteiger partial charge is 0.231 e. The summed E-state index contributed by atoms with van der Waals surface area (Å²) in [7, 11) is 0. The average Bonchev–Trinajstić information content (AvgIpc) is 3.15. The Morgan fingerprint density at radius 1 is 1.05 bits per heavy atom. The van der Waals surface area contributed by atoms with E-state index in [-0.39, 0.29) is 0 Å². The summed E-state index contributed by atoms with van der Waals surface area (Å²) in [5.41, 5.74) is 4.69. The Bertz CT molecular complexity index is 806. The second-order valence-electron chi connectivity index (χ2n) is 5.40. The first-order chi connectivity index (χ1) is 10.8. The third kappa shape index (κ3) is 2.25. The molecule has 0 fully saturated rings. The third-order valence-electron chi connectivity index (χ3n) is 3.96. The third-order valence-corrected chi connectivity index (χ3v) is 3.96. The Kier molecular flexibility index (Phi) is 3.11. The normalized spacial score (nSPS) is 12.6. The summed E-state index contributed by atoms with van der Waals surface area (Å²) in [6.07, 6.45) is 0. The van der Waals surface area contributed by atoms with Gasteiger partial charge in [-0.3, -0.25) is 0 Å². The number of aromatic nitrogens is 1. The van der Waals surface area contributed by atoms with Gasteiger partial charge in [0, 0.05) is 24.0 Å². The van der Waals surface area contributed by atoms with Crippen molar-refractivity contribution in [3.05, 3.63) is 71.9 Å². The van der Waals surface area contributed by atoms with E-state index in [1.165, 1.54) is 16.8 Å². The van der Waals surface area contributed by atoms with Crippen molar-refractivity contribution in [2.75, 3.05) is 6.79 Å². The molecule has 1 aromatic heterocycles. The molecule has 0 aliphatic carbocycles. The van der Waals surface area contributed by atoms with E-state index in [0.29, 0.717) is 6.79 Å². The number of rotatable bonds is 3. The summed E-state index contributed by atoms with van der Waals surface area (Å²) in [5, 5.41) is 0. The topological polar surface area (TPSA) is 23.4 Å². The zero-order chi connectivity index (χ0) is 14.9. The lowest BCUT2D eigenvalue weighted by Gasteiger charge is -2.12. The summed E-state index contributed by atoms with van der Waals surface area (Å²) in [6, 6.07) is 21.9. The number of fused-ring (bicyclic) bond motifs is 1. The highest BCUT2D eigenvalue weighted by Crippen LogP contribution is 2.33. The summed E-state index contributed by atoms with van der Waals surface area (Å²) in [6.45, 7) is 3.18. The molecule has 0 unspecified atom stereocenters. The van der Waals surface area contributed by atoms with Crippen LogP contribution in [0.4, 0.5) is 0 Å². The fourth-order valence-electron chi connectivity index (χ4n) is 2.78. The van der Waals surface area contributed by atoms with Gasteiger partial charge in [-0.25, -0.2) is 0 Å². The van der Waals surface area contributed by atoms with Crippen molar-refractivity contribution in [1.29, 1.82) is 0 Å². The van der Waals surface area contributed by atoms with Crippen LogP contribution in [0.15, 0.2) is 54.6 Å². The highest BCUT2D eigenvalue weighted by Gasteiger charge is 2.14. The molecule has 0 amide bonds. The maximum Gasteiger partial charge on any atom is 0.231 e. The molecule has 3 nitrogen and oxygen atoms in total. The zero-order valence-corrected chi connectivity index (χ0v) is 12.4. The van der Waals surface area contributed by atoms with Crippen molar-refractivity contribution >= 4 is 0 Å². The molecule has 0 spiro atoms. The predicted molar refractivity (Wildman–Crippen MR) is 85.1 cm³/mol. The van der Waals surface area contributed by atoms with E-state index in [9.17, 15) is 0 Å². The van der Waals surface area contributed by atoms with Crippen LogP contribution in [0.2, 0.25) is 0 Å². The lowest BCUT2D eigenvalue weighted by molar-refractivity contribution is 0.174. The van der Waals surface area contributed by atoms with Crippen LogP contribution in [0.1, 0.15) is 11.3 Å². The SMILES string of the molecule is Cc1[c]cc(-c2ccccc2)n1Cc1ccc2c(c1)OCO2. The van der Waals surface area contributed by atoms with Gasteiger partial charge in [-0.15, -0.1) is 0 Å². The molecule has 109 valence electrons. The molecule has 3 heteroatoms. The van der Waals surface area contributed by atoms with Gasteiger partial charge in [0.15, 0.2) is 11.5 Å². The van der Waals surface area contributed by atoms with Gasteiger partial charge in [0.1, 0.15) is 0 Å². The molecule has 0 saturated heterocycles. The van der Waals surface area contributed by atoms with E-state index < -0.39 is 0 Å². The van der Waals surface area contributed by atoms with Gasteiger partial charge in [-0.05, 0) is 36.2 Å². The van der Waals surface area contributed by atoms with Crippen LogP contribution in [0, 0.1) is 13.0 Å². The number of ether oxygens (including phenoxy) is 2. The Hall–Kier alpha value is -2.68. The van der Waals surface area contributed by atoms with Crippen LogP contribution in [0.25, 0.3) is 11.3 Å². The standard InChI is InChI=1S/C19H16NO2/c1-14-7-9-17(16-5-3-2-4-6-16)20(14)12-15-8-10-18-19(11-15)22-13-21-18/h2-6,8-11H,12-13H2,1H3. The quantitative estimate of drug-likeness (QED) is 0.726. The van der Waals surface area contributed by atoms with Crippen molar-refractivity contribution in [2.24, 2.45) is 0 Å². The van der Waals surface area contributed by atoms with Crippen LogP contribution in [0.3, 0.4) is 0 Å². The van der Waals surface area contributed by atoms with E-state index in [2.05, 4.69) is 60.0 Å². The molecular formula is C19H16NO2. The predicted octanol–water partition coefficient (Wildman–Crippen LogP) is 4.04. The highest BCUT2D eigenvalue weighted by molar-refractivity contribution is 5.60. The second-order valence-corrected chi connectivity index (χ2v) is 5.40. The molecular weight excluding hydrogens is 274 g/mol. The molecule has 0 atom stereocenters. The fourth-order valence-corrected chi connectivity index (χ4v) is 2.78. The largest absolute Gasteiger partial charge is 0.454 e. The van der Waals surface area contributed by atoms with Crippen LogP contribution in [0.5, 0.6) is 11.5 Å². The monoisotopic (exact) mass is 290 g/mol. The van der Waals surface area contributed by atoms with E-state index in [1.54, 1.807) is 0 Å². The molecule has 2 heterocycles. The Morgan fingerprint density at radius 3 is 2.73 bits per heavy atom. The number of hydrogen-bond donors (Lipinski definition) is 0. The van der Waals surface area contributed by atoms with Crippen LogP contribution < -0.4 is 9.47 Å². The van der Waals surface area contributed by atoms with Crippen LogP contribution in [-0.2, 0) is 6.54 Å². The van der Waals surface area contributed by atoms with Crippen LogP contribution in [-0.4, -0.2) is 11.4 Å². The van der Waals surface area contributed by atoms with Crippen molar-refractivity contribution in [1.82, 2.24) is 4.57 Å². The highest BCUT2D eigenvalue weighted by atomic mass is 16.7. The molecule has 2 aromatic carbocycles. The summed E-state index contributed by atoms with van der Waals surface area (Å²) in [4.78, 5) is 0. The number of hydrogen-bond acceptors (Lipinski definition) is 2. The summed E-state index contributed by atoms with van der Waals surface area (Å²) >= 11 is 0. The van der Waals surface area contributed by atoms with Gasteiger partial charge >= 0.3 is 0 Å². The molecule has 22 heavy (non-hydrogen) atoms.